The number of terminal acetylenes is 1. The van der Waals surface area contributed by atoms with Crippen molar-refractivity contribution >= 4 is 10.0 Å². The van der Waals surface area contributed by atoms with E-state index in [-0.39, 0.29) is 12.3 Å². The molecular weight excluding hydrogens is 174 g/mol. The molecule has 0 bridgehead atoms. The lowest BCUT2D eigenvalue weighted by atomic mass is 10.5. The molecule has 0 aromatic carbocycles. The fourth-order valence-electron chi connectivity index (χ4n) is 0.850. The van der Waals surface area contributed by atoms with Gasteiger partial charge in [0.2, 0.25) is 10.0 Å². The standard InChI is InChI=1S/C8H15NO2S/c1-4-7-9(8-5-2)12(10,11)6-3/h1H,5-8H2,2-3H3. The Balaban J connectivity index is 4.41. The summed E-state index contributed by atoms with van der Waals surface area (Å²) in [7, 11) is -3.09. The lowest BCUT2D eigenvalue weighted by Crippen LogP contribution is -2.33. The van der Waals surface area contributed by atoms with Gasteiger partial charge < -0.3 is 0 Å². The van der Waals surface area contributed by atoms with Crippen LogP contribution >= 0.6 is 0 Å². The van der Waals surface area contributed by atoms with Crippen molar-refractivity contribution in [2.24, 2.45) is 0 Å². The maximum absolute atomic E-state index is 11.3. The van der Waals surface area contributed by atoms with Gasteiger partial charge in [-0.15, -0.1) is 6.42 Å². The van der Waals surface area contributed by atoms with E-state index in [2.05, 4.69) is 5.92 Å². The average molecular weight is 189 g/mol. The minimum Gasteiger partial charge on any atom is -0.212 e. The molecule has 0 heterocycles. The summed E-state index contributed by atoms with van der Waals surface area (Å²) in [5.74, 6) is 2.46. The summed E-state index contributed by atoms with van der Waals surface area (Å²) in [5.41, 5.74) is 0. The maximum Gasteiger partial charge on any atom is 0.214 e. The summed E-state index contributed by atoms with van der Waals surface area (Å²) < 4.78 is 24.0. The van der Waals surface area contributed by atoms with E-state index in [1.165, 1.54) is 4.31 Å². The number of nitrogens with zero attached hydrogens (tertiary/aromatic N) is 1. The van der Waals surface area contributed by atoms with Crippen LogP contribution in [-0.2, 0) is 10.0 Å². The Bertz CT molecular complexity index is 251. The monoisotopic (exact) mass is 189 g/mol. The molecule has 0 fully saturated rings. The van der Waals surface area contributed by atoms with Crippen molar-refractivity contribution in [1.29, 1.82) is 0 Å². The summed E-state index contributed by atoms with van der Waals surface area (Å²) in [6.07, 6.45) is 5.85. The van der Waals surface area contributed by atoms with Crippen LogP contribution < -0.4 is 0 Å². The van der Waals surface area contributed by atoms with Crippen LogP contribution in [0.1, 0.15) is 20.3 Å². The van der Waals surface area contributed by atoms with Crippen LogP contribution in [0.4, 0.5) is 0 Å². The summed E-state index contributed by atoms with van der Waals surface area (Å²) in [4.78, 5) is 0. The highest BCUT2D eigenvalue weighted by Gasteiger charge is 2.16. The highest BCUT2D eigenvalue weighted by Crippen LogP contribution is 2.01. The number of rotatable bonds is 5. The minimum absolute atomic E-state index is 0.120. The van der Waals surface area contributed by atoms with Gasteiger partial charge in [0.25, 0.3) is 0 Å². The van der Waals surface area contributed by atoms with Gasteiger partial charge in [-0.25, -0.2) is 8.42 Å². The topological polar surface area (TPSA) is 37.4 Å². The zero-order valence-corrected chi connectivity index (χ0v) is 8.39. The number of hydrogen-bond acceptors (Lipinski definition) is 2. The van der Waals surface area contributed by atoms with Gasteiger partial charge in [-0.1, -0.05) is 12.8 Å². The SMILES string of the molecule is C#CCN(CCC)S(=O)(=O)CC. The van der Waals surface area contributed by atoms with Crippen LogP contribution in [0.25, 0.3) is 0 Å². The molecule has 0 aliphatic rings. The first-order valence-electron chi connectivity index (χ1n) is 3.99. The van der Waals surface area contributed by atoms with Crippen LogP contribution in [0.5, 0.6) is 0 Å². The van der Waals surface area contributed by atoms with Gasteiger partial charge in [-0.2, -0.15) is 4.31 Å². The normalized spacial score (nSPS) is 11.5. The fourth-order valence-corrected chi connectivity index (χ4v) is 1.95. The van der Waals surface area contributed by atoms with E-state index in [1.54, 1.807) is 6.92 Å². The summed E-state index contributed by atoms with van der Waals surface area (Å²) in [6, 6.07) is 0. The molecule has 0 radical (unpaired) electrons. The summed E-state index contributed by atoms with van der Waals surface area (Å²) in [5, 5.41) is 0. The van der Waals surface area contributed by atoms with Crippen molar-refractivity contribution < 1.29 is 8.42 Å². The maximum atomic E-state index is 11.3. The number of hydrogen-bond donors (Lipinski definition) is 0. The molecule has 0 N–H and O–H groups in total. The van der Waals surface area contributed by atoms with Gasteiger partial charge in [0.1, 0.15) is 0 Å². The van der Waals surface area contributed by atoms with E-state index >= 15 is 0 Å². The molecule has 0 spiro atoms. The molecule has 0 unspecified atom stereocenters. The van der Waals surface area contributed by atoms with Crippen LogP contribution in [0, 0.1) is 12.3 Å². The predicted octanol–water partition coefficient (Wildman–Crippen LogP) is 0.681. The highest BCUT2D eigenvalue weighted by molar-refractivity contribution is 7.89. The molecule has 0 atom stereocenters. The Kier molecular flexibility index (Phi) is 4.95. The van der Waals surface area contributed by atoms with Gasteiger partial charge in [0.15, 0.2) is 0 Å². The third kappa shape index (κ3) is 3.24. The van der Waals surface area contributed by atoms with Gasteiger partial charge >= 0.3 is 0 Å². The van der Waals surface area contributed by atoms with Gasteiger partial charge in [-0.05, 0) is 13.3 Å². The Morgan fingerprint density at radius 1 is 1.42 bits per heavy atom. The zero-order chi connectivity index (χ0) is 9.61. The quantitative estimate of drug-likeness (QED) is 0.596. The van der Waals surface area contributed by atoms with Crippen molar-refractivity contribution in [1.82, 2.24) is 4.31 Å². The van der Waals surface area contributed by atoms with Gasteiger partial charge in [0, 0.05) is 6.54 Å². The fraction of sp³-hybridized carbons (Fsp3) is 0.750. The molecule has 0 saturated heterocycles. The third-order valence-corrected chi connectivity index (χ3v) is 3.33. The molecule has 0 aromatic rings. The molecular formula is C8H15NO2S. The molecule has 70 valence electrons. The predicted molar refractivity (Wildman–Crippen MR) is 50.2 cm³/mol. The second-order valence-electron chi connectivity index (χ2n) is 2.44. The second-order valence-corrected chi connectivity index (χ2v) is 4.70. The molecule has 4 heteroatoms. The highest BCUT2D eigenvalue weighted by atomic mass is 32.2. The molecule has 0 aliphatic carbocycles. The second kappa shape index (κ2) is 5.18. The molecule has 3 nitrogen and oxygen atoms in total. The van der Waals surface area contributed by atoms with Gasteiger partial charge in [0.05, 0.1) is 12.3 Å². The van der Waals surface area contributed by atoms with Crippen molar-refractivity contribution in [2.75, 3.05) is 18.8 Å². The zero-order valence-electron chi connectivity index (χ0n) is 7.58. The number of sulfonamides is 1. The van der Waals surface area contributed by atoms with Crippen molar-refractivity contribution in [3.8, 4) is 12.3 Å². The van der Waals surface area contributed by atoms with Crippen LogP contribution in [0.2, 0.25) is 0 Å². The van der Waals surface area contributed by atoms with Gasteiger partial charge in [-0.3, -0.25) is 0 Å². The molecule has 12 heavy (non-hydrogen) atoms. The largest absolute Gasteiger partial charge is 0.214 e. The van der Waals surface area contributed by atoms with Crippen molar-refractivity contribution in [3.63, 3.8) is 0 Å². The van der Waals surface area contributed by atoms with E-state index in [9.17, 15) is 8.42 Å². The molecule has 0 amide bonds. The smallest absolute Gasteiger partial charge is 0.212 e. The summed E-state index contributed by atoms with van der Waals surface area (Å²) >= 11 is 0. The molecule has 0 saturated carbocycles. The van der Waals surface area contributed by atoms with Crippen LogP contribution in [0.15, 0.2) is 0 Å². The van der Waals surface area contributed by atoms with Crippen molar-refractivity contribution in [3.05, 3.63) is 0 Å². The third-order valence-electron chi connectivity index (χ3n) is 1.50. The van der Waals surface area contributed by atoms with Crippen LogP contribution in [0.3, 0.4) is 0 Å². The Morgan fingerprint density at radius 2 is 2.00 bits per heavy atom. The van der Waals surface area contributed by atoms with E-state index in [1.807, 2.05) is 6.92 Å². The van der Waals surface area contributed by atoms with E-state index in [4.69, 9.17) is 6.42 Å². The average Bonchev–Trinajstić information content (AvgIpc) is 2.04. The van der Waals surface area contributed by atoms with Crippen LogP contribution in [-0.4, -0.2) is 31.6 Å². The minimum atomic E-state index is -3.09. The van der Waals surface area contributed by atoms with E-state index in [0.717, 1.165) is 6.42 Å². The van der Waals surface area contributed by atoms with Crippen molar-refractivity contribution in [2.45, 2.75) is 20.3 Å². The molecule has 0 rings (SSSR count). The van der Waals surface area contributed by atoms with E-state index < -0.39 is 10.0 Å². The Morgan fingerprint density at radius 3 is 2.33 bits per heavy atom. The first-order valence-corrected chi connectivity index (χ1v) is 5.60. The van der Waals surface area contributed by atoms with E-state index in [0.29, 0.717) is 6.54 Å². The lowest BCUT2D eigenvalue weighted by molar-refractivity contribution is 0.446. The first kappa shape index (κ1) is 11.5. The molecule has 0 aromatic heterocycles. The molecule has 0 aliphatic heterocycles. The first-order chi connectivity index (χ1) is 5.58. The lowest BCUT2D eigenvalue weighted by Gasteiger charge is -2.17. The Hall–Kier alpha value is -0.530. The Labute approximate surface area is 74.8 Å². The summed E-state index contributed by atoms with van der Waals surface area (Å²) in [6.45, 7) is 4.24.